The van der Waals surface area contributed by atoms with Crippen LogP contribution in [0, 0.1) is 5.92 Å². The summed E-state index contributed by atoms with van der Waals surface area (Å²) in [6.07, 6.45) is 2.18. The molecule has 0 radical (unpaired) electrons. The third-order valence-corrected chi connectivity index (χ3v) is 3.64. The molecule has 19 heavy (non-hydrogen) atoms. The standard InChI is InChI=1S/C16H25N3/c1-5-19-15-9-7-6-8-14(15)18-16(19)11-13(17-4)10-12(2)3/h6-9,12-13,17H,5,10-11H2,1-4H3. The number of aryl methyl sites for hydroxylation is 1. The highest BCUT2D eigenvalue weighted by molar-refractivity contribution is 5.75. The van der Waals surface area contributed by atoms with Crippen molar-refractivity contribution < 1.29 is 0 Å². The van der Waals surface area contributed by atoms with Gasteiger partial charge in [0.15, 0.2) is 0 Å². The fourth-order valence-corrected chi connectivity index (χ4v) is 2.73. The first kappa shape index (κ1) is 14.1. The minimum Gasteiger partial charge on any atom is -0.328 e. The lowest BCUT2D eigenvalue weighted by atomic mass is 10.0. The number of rotatable bonds is 6. The van der Waals surface area contributed by atoms with Crippen LogP contribution in [0.15, 0.2) is 24.3 Å². The Hall–Kier alpha value is -1.35. The molecule has 0 amide bonds. The molecule has 1 unspecified atom stereocenters. The number of imidazole rings is 1. The molecule has 0 saturated carbocycles. The van der Waals surface area contributed by atoms with E-state index in [2.05, 4.69) is 54.9 Å². The summed E-state index contributed by atoms with van der Waals surface area (Å²) in [6.45, 7) is 7.71. The number of nitrogens with one attached hydrogen (secondary N) is 1. The van der Waals surface area contributed by atoms with Crippen molar-refractivity contribution in [2.24, 2.45) is 5.92 Å². The second-order valence-electron chi connectivity index (χ2n) is 5.58. The van der Waals surface area contributed by atoms with E-state index in [0.29, 0.717) is 12.0 Å². The van der Waals surface area contributed by atoms with E-state index in [1.165, 1.54) is 17.8 Å². The van der Waals surface area contributed by atoms with Crippen LogP contribution >= 0.6 is 0 Å². The third kappa shape index (κ3) is 3.16. The van der Waals surface area contributed by atoms with Gasteiger partial charge in [0.05, 0.1) is 11.0 Å². The molecular weight excluding hydrogens is 234 g/mol. The molecule has 0 spiro atoms. The van der Waals surface area contributed by atoms with E-state index in [1.54, 1.807) is 0 Å². The molecule has 0 aliphatic rings. The highest BCUT2D eigenvalue weighted by Gasteiger charge is 2.15. The minimum absolute atomic E-state index is 0.502. The van der Waals surface area contributed by atoms with Crippen molar-refractivity contribution in [3.05, 3.63) is 30.1 Å². The van der Waals surface area contributed by atoms with Gasteiger partial charge < -0.3 is 9.88 Å². The molecule has 1 heterocycles. The van der Waals surface area contributed by atoms with Crippen molar-refractivity contribution in [3.8, 4) is 0 Å². The van der Waals surface area contributed by atoms with Crippen LogP contribution in [0.1, 0.15) is 33.0 Å². The summed E-state index contributed by atoms with van der Waals surface area (Å²) in [5.74, 6) is 1.90. The van der Waals surface area contributed by atoms with E-state index in [9.17, 15) is 0 Å². The molecule has 2 rings (SSSR count). The van der Waals surface area contributed by atoms with E-state index in [-0.39, 0.29) is 0 Å². The summed E-state index contributed by atoms with van der Waals surface area (Å²) in [5, 5.41) is 3.42. The zero-order valence-electron chi connectivity index (χ0n) is 12.5. The maximum atomic E-state index is 4.80. The van der Waals surface area contributed by atoms with Gasteiger partial charge in [-0.15, -0.1) is 0 Å². The zero-order valence-corrected chi connectivity index (χ0v) is 12.5. The minimum atomic E-state index is 0.502. The lowest BCUT2D eigenvalue weighted by Gasteiger charge is -2.18. The molecular formula is C16H25N3. The van der Waals surface area contributed by atoms with Crippen LogP contribution in [0.4, 0.5) is 0 Å². The maximum Gasteiger partial charge on any atom is 0.111 e. The lowest BCUT2D eigenvalue weighted by Crippen LogP contribution is -2.30. The van der Waals surface area contributed by atoms with Gasteiger partial charge in [0.1, 0.15) is 5.82 Å². The Morgan fingerprint density at radius 3 is 2.63 bits per heavy atom. The van der Waals surface area contributed by atoms with E-state index >= 15 is 0 Å². The van der Waals surface area contributed by atoms with E-state index in [0.717, 1.165) is 18.5 Å². The number of benzene rings is 1. The molecule has 0 saturated heterocycles. The van der Waals surface area contributed by atoms with Crippen LogP contribution in [-0.4, -0.2) is 22.6 Å². The Labute approximate surface area is 116 Å². The van der Waals surface area contributed by atoms with Gasteiger partial charge in [-0.2, -0.15) is 0 Å². The van der Waals surface area contributed by atoms with E-state index in [1.807, 2.05) is 7.05 Å². The fraction of sp³-hybridized carbons (Fsp3) is 0.562. The maximum absolute atomic E-state index is 4.80. The molecule has 0 aliphatic heterocycles. The number of hydrogen-bond acceptors (Lipinski definition) is 2. The molecule has 1 N–H and O–H groups in total. The number of fused-ring (bicyclic) bond motifs is 1. The highest BCUT2D eigenvalue weighted by Crippen LogP contribution is 2.18. The van der Waals surface area contributed by atoms with Gasteiger partial charge in [-0.25, -0.2) is 4.98 Å². The number of aromatic nitrogens is 2. The van der Waals surface area contributed by atoms with Crippen molar-refractivity contribution in [1.82, 2.24) is 14.9 Å². The second kappa shape index (κ2) is 6.20. The zero-order chi connectivity index (χ0) is 13.8. The summed E-state index contributed by atoms with van der Waals surface area (Å²) in [4.78, 5) is 4.80. The van der Waals surface area contributed by atoms with Crippen LogP contribution in [0.5, 0.6) is 0 Å². The molecule has 0 aliphatic carbocycles. The van der Waals surface area contributed by atoms with Gasteiger partial charge in [-0.3, -0.25) is 0 Å². The largest absolute Gasteiger partial charge is 0.328 e. The number of hydrogen-bond donors (Lipinski definition) is 1. The second-order valence-corrected chi connectivity index (χ2v) is 5.58. The first-order valence-electron chi connectivity index (χ1n) is 7.27. The molecule has 3 nitrogen and oxygen atoms in total. The van der Waals surface area contributed by atoms with Gasteiger partial charge in [-0.1, -0.05) is 26.0 Å². The number of likely N-dealkylation sites (N-methyl/N-ethyl adjacent to an activating group) is 1. The normalized spacial score (nSPS) is 13.3. The van der Waals surface area contributed by atoms with Crippen molar-refractivity contribution in [1.29, 1.82) is 0 Å². The topological polar surface area (TPSA) is 29.9 Å². The smallest absolute Gasteiger partial charge is 0.111 e. The predicted molar refractivity (Wildman–Crippen MR) is 81.4 cm³/mol. The van der Waals surface area contributed by atoms with Gasteiger partial charge in [-0.05, 0) is 38.4 Å². The summed E-state index contributed by atoms with van der Waals surface area (Å²) in [7, 11) is 2.05. The molecule has 0 fully saturated rings. The average Bonchev–Trinajstić information content (AvgIpc) is 2.74. The van der Waals surface area contributed by atoms with Gasteiger partial charge >= 0.3 is 0 Å². The van der Waals surface area contributed by atoms with Gasteiger partial charge in [0, 0.05) is 19.0 Å². The summed E-state index contributed by atoms with van der Waals surface area (Å²) in [5.41, 5.74) is 2.36. The lowest BCUT2D eigenvalue weighted by molar-refractivity contribution is 0.430. The Balaban J connectivity index is 2.28. The van der Waals surface area contributed by atoms with Gasteiger partial charge in [0.2, 0.25) is 0 Å². The average molecular weight is 259 g/mol. The van der Waals surface area contributed by atoms with Crippen LogP contribution in [-0.2, 0) is 13.0 Å². The molecule has 2 aromatic rings. The van der Waals surface area contributed by atoms with Crippen molar-refractivity contribution in [3.63, 3.8) is 0 Å². The van der Waals surface area contributed by atoms with Crippen LogP contribution in [0.3, 0.4) is 0 Å². The monoisotopic (exact) mass is 259 g/mol. The third-order valence-electron chi connectivity index (χ3n) is 3.64. The van der Waals surface area contributed by atoms with Gasteiger partial charge in [0.25, 0.3) is 0 Å². The predicted octanol–water partition coefficient (Wildman–Crippen LogP) is 3.23. The SMILES string of the molecule is CCn1c(CC(CC(C)C)NC)nc2ccccc21. The highest BCUT2D eigenvalue weighted by atomic mass is 15.1. The Morgan fingerprint density at radius 1 is 1.26 bits per heavy atom. The summed E-state index contributed by atoms with van der Waals surface area (Å²) < 4.78 is 2.33. The van der Waals surface area contributed by atoms with E-state index in [4.69, 9.17) is 4.98 Å². The fourth-order valence-electron chi connectivity index (χ4n) is 2.73. The van der Waals surface area contributed by atoms with Crippen molar-refractivity contribution in [2.75, 3.05) is 7.05 Å². The molecule has 1 atom stereocenters. The summed E-state index contributed by atoms with van der Waals surface area (Å²) >= 11 is 0. The number of nitrogens with zero attached hydrogens (tertiary/aromatic N) is 2. The molecule has 1 aromatic carbocycles. The molecule has 1 aromatic heterocycles. The number of para-hydroxylation sites is 2. The van der Waals surface area contributed by atoms with Crippen molar-refractivity contribution >= 4 is 11.0 Å². The van der Waals surface area contributed by atoms with Crippen LogP contribution < -0.4 is 5.32 Å². The Morgan fingerprint density at radius 2 is 2.00 bits per heavy atom. The first-order chi connectivity index (χ1) is 9.15. The summed E-state index contributed by atoms with van der Waals surface area (Å²) in [6, 6.07) is 8.91. The first-order valence-corrected chi connectivity index (χ1v) is 7.27. The Kier molecular flexibility index (Phi) is 4.59. The molecule has 0 bridgehead atoms. The molecule has 3 heteroatoms. The quantitative estimate of drug-likeness (QED) is 0.863. The van der Waals surface area contributed by atoms with Crippen molar-refractivity contribution in [2.45, 2.75) is 46.2 Å². The van der Waals surface area contributed by atoms with Crippen LogP contribution in [0.2, 0.25) is 0 Å². The van der Waals surface area contributed by atoms with Crippen LogP contribution in [0.25, 0.3) is 11.0 Å². The Bertz CT molecular complexity index is 528. The van der Waals surface area contributed by atoms with E-state index < -0.39 is 0 Å². The molecule has 104 valence electrons.